The van der Waals surface area contributed by atoms with Crippen LogP contribution < -0.4 is 0 Å². The zero-order valence-corrected chi connectivity index (χ0v) is 12.9. The molecule has 5 nitrogen and oxygen atoms in total. The van der Waals surface area contributed by atoms with E-state index in [2.05, 4.69) is 15.1 Å². The fourth-order valence-corrected chi connectivity index (χ4v) is 3.92. The van der Waals surface area contributed by atoms with Crippen molar-refractivity contribution in [2.24, 2.45) is 0 Å². The molecular weight excluding hydrogens is 306 g/mol. The van der Waals surface area contributed by atoms with E-state index < -0.39 is 10.8 Å². The van der Waals surface area contributed by atoms with Gasteiger partial charge in [-0.3, -0.25) is 4.21 Å². The van der Waals surface area contributed by atoms with Crippen LogP contribution in [-0.4, -0.2) is 19.3 Å². The predicted octanol–water partition coefficient (Wildman–Crippen LogP) is 2.99. The summed E-state index contributed by atoms with van der Waals surface area (Å²) in [7, 11) is -1.27. The van der Waals surface area contributed by atoms with E-state index in [4.69, 9.17) is 4.52 Å². The molecule has 0 aliphatic rings. The Morgan fingerprint density at radius 1 is 1.33 bits per heavy atom. The molecule has 1 aromatic carbocycles. The topological polar surface area (TPSA) is 68.9 Å². The summed E-state index contributed by atoms with van der Waals surface area (Å²) >= 11 is 1.36. The Hall–Kier alpha value is -1.86. The molecule has 2 heterocycles. The summed E-state index contributed by atoms with van der Waals surface area (Å²) in [5.41, 5.74) is 1.11. The molecule has 7 heteroatoms. The lowest BCUT2D eigenvalue weighted by molar-refractivity contribution is 0.374. The van der Waals surface area contributed by atoms with Gasteiger partial charge in [0.05, 0.1) is 10.8 Å². The highest BCUT2D eigenvalue weighted by Gasteiger charge is 2.23. The fraction of sp³-hybridized carbons (Fsp3) is 0.214. The summed E-state index contributed by atoms with van der Waals surface area (Å²) in [6.07, 6.45) is 2.24. The van der Waals surface area contributed by atoms with Crippen LogP contribution in [0.1, 0.15) is 29.5 Å². The minimum atomic E-state index is -1.27. The molecular formula is C14H13N3O2S2. The molecule has 3 aromatic rings. The molecule has 21 heavy (non-hydrogen) atoms. The Morgan fingerprint density at radius 2 is 2.14 bits per heavy atom. The van der Waals surface area contributed by atoms with Gasteiger partial charge in [0, 0.05) is 18.0 Å². The third kappa shape index (κ3) is 3.25. The number of hydrogen-bond donors (Lipinski definition) is 0. The molecule has 0 aliphatic carbocycles. The number of aromatic nitrogens is 3. The molecule has 0 radical (unpaired) electrons. The van der Waals surface area contributed by atoms with Gasteiger partial charge in [-0.25, -0.2) is 4.98 Å². The van der Waals surface area contributed by atoms with Gasteiger partial charge in [-0.1, -0.05) is 35.5 Å². The van der Waals surface area contributed by atoms with E-state index >= 15 is 0 Å². The summed E-state index contributed by atoms with van der Waals surface area (Å²) in [4.78, 5) is 8.41. The second kappa shape index (κ2) is 6.28. The largest absolute Gasteiger partial charge is 0.338 e. The summed E-state index contributed by atoms with van der Waals surface area (Å²) in [5.74, 6) is 0.980. The first-order valence-electron chi connectivity index (χ1n) is 6.40. The molecule has 0 N–H and O–H groups in total. The van der Waals surface area contributed by atoms with E-state index in [9.17, 15) is 4.21 Å². The van der Waals surface area contributed by atoms with Crippen molar-refractivity contribution in [3.63, 3.8) is 0 Å². The van der Waals surface area contributed by atoms with E-state index in [1.165, 1.54) is 11.3 Å². The SMILES string of the molecule is CC(c1nc(Cc2ccccc2)no1)S(=O)c1nccs1. The molecule has 2 unspecified atom stereocenters. The molecule has 0 saturated carbocycles. The number of thiazole rings is 1. The molecule has 3 rings (SSSR count). The van der Waals surface area contributed by atoms with Crippen LogP contribution >= 0.6 is 11.3 Å². The molecule has 2 aromatic heterocycles. The first kappa shape index (κ1) is 14.1. The van der Waals surface area contributed by atoms with E-state index in [0.29, 0.717) is 22.5 Å². The highest BCUT2D eigenvalue weighted by atomic mass is 32.2. The monoisotopic (exact) mass is 319 g/mol. The maximum atomic E-state index is 12.3. The van der Waals surface area contributed by atoms with Crippen molar-refractivity contribution in [3.8, 4) is 0 Å². The quantitative estimate of drug-likeness (QED) is 0.723. The lowest BCUT2D eigenvalue weighted by Crippen LogP contribution is -2.03. The average Bonchev–Trinajstić information content (AvgIpc) is 3.18. The molecule has 108 valence electrons. The lowest BCUT2D eigenvalue weighted by atomic mass is 10.1. The van der Waals surface area contributed by atoms with Crippen LogP contribution in [0, 0.1) is 0 Å². The number of benzene rings is 1. The Kier molecular flexibility index (Phi) is 4.21. The summed E-state index contributed by atoms with van der Waals surface area (Å²) < 4.78 is 18.1. The van der Waals surface area contributed by atoms with Crippen molar-refractivity contribution in [2.75, 3.05) is 0 Å². The van der Waals surface area contributed by atoms with Crippen molar-refractivity contribution in [1.82, 2.24) is 15.1 Å². The molecule has 0 fully saturated rings. The Balaban J connectivity index is 1.74. The van der Waals surface area contributed by atoms with Gasteiger partial charge in [0.25, 0.3) is 0 Å². The standard InChI is InChI=1S/C14H13N3O2S2/c1-10(21(18)14-15-7-8-20-14)13-16-12(17-19-13)9-11-5-3-2-4-6-11/h2-8,10H,9H2,1H3. The Labute approximate surface area is 128 Å². The van der Waals surface area contributed by atoms with Gasteiger partial charge in [-0.2, -0.15) is 4.98 Å². The van der Waals surface area contributed by atoms with Gasteiger partial charge < -0.3 is 4.52 Å². The molecule has 0 spiro atoms. The van der Waals surface area contributed by atoms with Gasteiger partial charge in [-0.15, -0.1) is 11.3 Å². The van der Waals surface area contributed by atoms with Gasteiger partial charge >= 0.3 is 0 Å². The molecule has 2 atom stereocenters. The zero-order valence-electron chi connectivity index (χ0n) is 11.3. The second-order valence-corrected chi connectivity index (χ2v) is 7.29. The molecule has 0 aliphatic heterocycles. The highest BCUT2D eigenvalue weighted by Crippen LogP contribution is 2.24. The normalized spacial score (nSPS) is 14.0. The number of nitrogens with zero attached hydrogens (tertiary/aromatic N) is 3. The van der Waals surface area contributed by atoms with Crippen LogP contribution in [-0.2, 0) is 17.2 Å². The first-order valence-corrected chi connectivity index (χ1v) is 8.50. The van der Waals surface area contributed by atoms with E-state index in [0.717, 1.165) is 5.56 Å². The first-order chi connectivity index (χ1) is 10.2. The van der Waals surface area contributed by atoms with E-state index in [-0.39, 0.29) is 5.25 Å². The molecule has 0 amide bonds. The van der Waals surface area contributed by atoms with Crippen molar-refractivity contribution in [3.05, 3.63) is 59.2 Å². The highest BCUT2D eigenvalue weighted by molar-refractivity contribution is 7.87. The predicted molar refractivity (Wildman–Crippen MR) is 80.5 cm³/mol. The smallest absolute Gasteiger partial charge is 0.242 e. The van der Waals surface area contributed by atoms with Crippen molar-refractivity contribution in [2.45, 2.75) is 22.9 Å². The summed E-state index contributed by atoms with van der Waals surface area (Å²) in [6.45, 7) is 1.80. The fourth-order valence-electron chi connectivity index (χ4n) is 1.84. The van der Waals surface area contributed by atoms with Gasteiger partial charge in [-0.05, 0) is 12.5 Å². The summed E-state index contributed by atoms with van der Waals surface area (Å²) in [5, 5.41) is 5.39. The van der Waals surface area contributed by atoms with Crippen LogP contribution in [0.5, 0.6) is 0 Å². The van der Waals surface area contributed by atoms with Crippen LogP contribution in [0.3, 0.4) is 0 Å². The average molecular weight is 319 g/mol. The van der Waals surface area contributed by atoms with Crippen LogP contribution in [0.4, 0.5) is 0 Å². The Morgan fingerprint density at radius 3 is 2.86 bits per heavy atom. The van der Waals surface area contributed by atoms with Gasteiger partial charge in [0.1, 0.15) is 5.25 Å². The van der Waals surface area contributed by atoms with Crippen molar-refractivity contribution in [1.29, 1.82) is 0 Å². The van der Waals surface area contributed by atoms with Crippen LogP contribution in [0.2, 0.25) is 0 Å². The third-order valence-electron chi connectivity index (χ3n) is 2.94. The minimum absolute atomic E-state index is 0.367. The van der Waals surface area contributed by atoms with Crippen LogP contribution in [0.15, 0.2) is 50.8 Å². The maximum absolute atomic E-state index is 12.3. The lowest BCUT2D eigenvalue weighted by Gasteiger charge is -2.02. The molecule has 0 bridgehead atoms. The van der Waals surface area contributed by atoms with E-state index in [1.54, 1.807) is 18.5 Å². The Bertz CT molecular complexity index is 726. The maximum Gasteiger partial charge on any atom is 0.242 e. The number of hydrogen-bond acceptors (Lipinski definition) is 6. The van der Waals surface area contributed by atoms with Gasteiger partial charge in [0.2, 0.25) is 5.89 Å². The number of rotatable bonds is 5. The van der Waals surface area contributed by atoms with Crippen molar-refractivity contribution < 1.29 is 8.73 Å². The molecule has 0 saturated heterocycles. The second-order valence-electron chi connectivity index (χ2n) is 4.45. The van der Waals surface area contributed by atoms with Crippen LogP contribution in [0.25, 0.3) is 0 Å². The van der Waals surface area contributed by atoms with Gasteiger partial charge in [0.15, 0.2) is 10.2 Å². The minimum Gasteiger partial charge on any atom is -0.338 e. The van der Waals surface area contributed by atoms with E-state index in [1.807, 2.05) is 30.3 Å². The van der Waals surface area contributed by atoms with Crippen molar-refractivity contribution >= 4 is 22.1 Å². The zero-order chi connectivity index (χ0) is 14.7. The summed E-state index contributed by atoms with van der Waals surface area (Å²) in [6, 6.07) is 9.91. The third-order valence-corrected chi connectivity index (χ3v) is 5.58.